The summed E-state index contributed by atoms with van der Waals surface area (Å²) in [5.74, 6) is 1.27. The number of ether oxygens (including phenoxy) is 1. The summed E-state index contributed by atoms with van der Waals surface area (Å²) in [7, 11) is 0. The number of carbonyl (C=O) groups is 1. The van der Waals surface area contributed by atoms with Gasteiger partial charge in [0.1, 0.15) is 6.10 Å². The maximum Gasteiger partial charge on any atom is 0.416 e. The number of carbonyl (C=O) groups excluding carboxylic acids is 1. The summed E-state index contributed by atoms with van der Waals surface area (Å²) in [5.41, 5.74) is 1.62. The van der Waals surface area contributed by atoms with Gasteiger partial charge in [-0.3, -0.25) is 4.90 Å². The van der Waals surface area contributed by atoms with Gasteiger partial charge in [0.05, 0.1) is 11.6 Å². The van der Waals surface area contributed by atoms with Crippen LogP contribution in [-0.2, 0) is 10.9 Å². The van der Waals surface area contributed by atoms with Gasteiger partial charge in [-0.05, 0) is 78.2 Å². The van der Waals surface area contributed by atoms with E-state index in [0.717, 1.165) is 66.4 Å². The molecule has 1 amide bonds. The Bertz CT molecular complexity index is 1060. The minimum Gasteiger partial charge on any atom is -0.445 e. The summed E-state index contributed by atoms with van der Waals surface area (Å²) in [5, 5.41) is 3.14. The molecule has 2 aromatic rings. The van der Waals surface area contributed by atoms with Crippen molar-refractivity contribution >= 4 is 17.9 Å². The van der Waals surface area contributed by atoms with E-state index in [1.165, 1.54) is 12.1 Å². The van der Waals surface area contributed by atoms with Gasteiger partial charge in [-0.1, -0.05) is 32.0 Å². The fourth-order valence-electron chi connectivity index (χ4n) is 5.31. The topological polar surface area (TPSA) is 41.6 Å². The van der Waals surface area contributed by atoms with Crippen LogP contribution in [0, 0.1) is 11.3 Å². The fourth-order valence-corrected chi connectivity index (χ4v) is 6.51. The second-order valence-corrected chi connectivity index (χ2v) is 11.3. The van der Waals surface area contributed by atoms with E-state index in [0.29, 0.717) is 11.5 Å². The summed E-state index contributed by atoms with van der Waals surface area (Å²) >= 11 is 1.73. The molecule has 4 nitrogen and oxygen atoms in total. The highest BCUT2D eigenvalue weighted by Gasteiger charge is 2.40. The van der Waals surface area contributed by atoms with Crippen LogP contribution in [0.5, 0.6) is 0 Å². The minimum absolute atomic E-state index is 0.0680. The van der Waals surface area contributed by atoms with Crippen molar-refractivity contribution in [2.75, 3.05) is 25.4 Å². The third-order valence-electron chi connectivity index (χ3n) is 7.36. The Morgan fingerprint density at radius 3 is 2.38 bits per heavy atom. The zero-order valence-corrected chi connectivity index (χ0v) is 20.1. The molecule has 182 valence electrons. The maximum absolute atomic E-state index is 13.0. The van der Waals surface area contributed by atoms with Crippen molar-refractivity contribution in [3.05, 3.63) is 53.6 Å². The van der Waals surface area contributed by atoms with E-state index in [9.17, 15) is 18.0 Å². The summed E-state index contributed by atoms with van der Waals surface area (Å²) in [6, 6.07) is 10.9. The monoisotopic (exact) mass is 490 g/mol. The predicted molar refractivity (Wildman–Crippen MR) is 127 cm³/mol. The van der Waals surface area contributed by atoms with Crippen molar-refractivity contribution in [1.29, 1.82) is 0 Å². The highest BCUT2D eigenvalue weighted by Crippen LogP contribution is 2.48. The maximum atomic E-state index is 13.0. The van der Waals surface area contributed by atoms with Crippen LogP contribution >= 0.6 is 11.8 Å². The highest BCUT2D eigenvalue weighted by molar-refractivity contribution is 7.99. The molecule has 0 aromatic heterocycles. The van der Waals surface area contributed by atoms with Crippen molar-refractivity contribution in [3.8, 4) is 11.1 Å². The number of piperidine rings is 3. The number of rotatable bonds is 3. The van der Waals surface area contributed by atoms with Gasteiger partial charge >= 0.3 is 12.3 Å². The molecule has 8 heteroatoms. The predicted octanol–water partition coefficient (Wildman–Crippen LogP) is 6.37. The van der Waals surface area contributed by atoms with Crippen LogP contribution in [0.2, 0.25) is 0 Å². The molecule has 0 spiro atoms. The molecule has 1 unspecified atom stereocenters. The average molecular weight is 491 g/mol. The molecule has 6 rings (SSSR count). The molecule has 3 fully saturated rings. The lowest BCUT2D eigenvalue weighted by Crippen LogP contribution is -2.53. The molecule has 2 bridgehead atoms. The number of nitrogens with one attached hydrogen (secondary N) is 1. The van der Waals surface area contributed by atoms with Gasteiger partial charge in [-0.2, -0.15) is 13.2 Å². The Morgan fingerprint density at radius 1 is 1.09 bits per heavy atom. The Kier molecular flexibility index (Phi) is 6.09. The number of amides is 1. The summed E-state index contributed by atoms with van der Waals surface area (Å²) < 4.78 is 44.8. The highest BCUT2D eigenvalue weighted by atomic mass is 32.2. The molecular weight excluding hydrogens is 461 g/mol. The Hall–Kier alpha value is -2.19. The van der Waals surface area contributed by atoms with Crippen LogP contribution < -0.4 is 5.32 Å². The van der Waals surface area contributed by atoms with Crippen molar-refractivity contribution < 1.29 is 22.7 Å². The van der Waals surface area contributed by atoms with Gasteiger partial charge in [-0.25, -0.2) is 4.79 Å². The van der Waals surface area contributed by atoms with Crippen LogP contribution in [0.1, 0.15) is 43.9 Å². The zero-order chi connectivity index (χ0) is 24.1. The lowest BCUT2D eigenvalue weighted by atomic mass is 9.81. The molecule has 0 saturated carbocycles. The van der Waals surface area contributed by atoms with Crippen molar-refractivity contribution in [3.63, 3.8) is 0 Å². The van der Waals surface area contributed by atoms with Crippen LogP contribution in [-0.4, -0.2) is 42.5 Å². The van der Waals surface area contributed by atoms with Gasteiger partial charge in [0.15, 0.2) is 0 Å². The average Bonchev–Trinajstić information content (AvgIpc) is 2.81. The van der Waals surface area contributed by atoms with Crippen LogP contribution in [0.25, 0.3) is 11.1 Å². The fraction of sp³-hybridized carbons (Fsp3) is 0.500. The molecule has 3 saturated heterocycles. The number of hydrogen-bond acceptors (Lipinski definition) is 4. The third-order valence-corrected chi connectivity index (χ3v) is 8.94. The first-order valence-electron chi connectivity index (χ1n) is 11.7. The number of halogens is 3. The summed E-state index contributed by atoms with van der Waals surface area (Å²) in [4.78, 5) is 16.4. The molecule has 1 N–H and O–H groups in total. The van der Waals surface area contributed by atoms with E-state index < -0.39 is 17.8 Å². The second kappa shape index (κ2) is 8.79. The lowest BCUT2D eigenvalue weighted by Gasteiger charge is -2.44. The van der Waals surface area contributed by atoms with Crippen LogP contribution in [0.15, 0.2) is 47.4 Å². The number of benzene rings is 2. The first kappa shape index (κ1) is 23.5. The van der Waals surface area contributed by atoms with Crippen molar-refractivity contribution in [1.82, 2.24) is 10.2 Å². The normalized spacial score (nSPS) is 27.7. The van der Waals surface area contributed by atoms with E-state index in [2.05, 4.69) is 24.1 Å². The summed E-state index contributed by atoms with van der Waals surface area (Å²) in [6.07, 6.45) is -2.68. The number of fused-ring (bicyclic) bond motifs is 4. The lowest BCUT2D eigenvalue weighted by molar-refractivity contribution is -0.137. The quantitative estimate of drug-likeness (QED) is 0.543. The largest absolute Gasteiger partial charge is 0.445 e. The van der Waals surface area contributed by atoms with Gasteiger partial charge in [-0.15, -0.1) is 11.8 Å². The van der Waals surface area contributed by atoms with E-state index in [1.54, 1.807) is 11.8 Å². The SMILES string of the molecule is CC1(C)CSc2ccc(-c3ccc(C(F)(F)F)cc3)cc2C1NC(=O)O[C@@H]1CN2CCC1CC2. The van der Waals surface area contributed by atoms with Gasteiger partial charge in [0, 0.05) is 17.2 Å². The Balaban J connectivity index is 1.37. The number of nitrogens with zero attached hydrogens (tertiary/aromatic N) is 1. The zero-order valence-electron chi connectivity index (χ0n) is 19.3. The molecule has 4 aliphatic heterocycles. The van der Waals surface area contributed by atoms with Gasteiger partial charge in [0.25, 0.3) is 0 Å². The van der Waals surface area contributed by atoms with Crippen molar-refractivity contribution in [2.24, 2.45) is 11.3 Å². The summed E-state index contributed by atoms with van der Waals surface area (Å²) in [6.45, 7) is 7.20. The van der Waals surface area contributed by atoms with Gasteiger partial charge in [0.2, 0.25) is 0 Å². The Labute approximate surface area is 202 Å². The molecule has 4 heterocycles. The van der Waals surface area contributed by atoms with E-state index in [-0.39, 0.29) is 17.6 Å². The third kappa shape index (κ3) is 4.67. The standard InChI is InChI=1S/C26H29F3N2O2S/c1-25(2)15-34-22-8-5-18(16-3-6-19(7-4-16)26(27,28)29)13-20(22)23(25)30-24(32)33-21-14-31-11-9-17(21)10-12-31/h3-8,13,17,21,23H,9-12,14-15H2,1-2H3,(H,30,32)/t21-,23?/m1/s1. The molecule has 4 aliphatic rings. The van der Waals surface area contributed by atoms with E-state index >= 15 is 0 Å². The Morgan fingerprint density at radius 2 is 1.76 bits per heavy atom. The van der Waals surface area contributed by atoms with Crippen molar-refractivity contribution in [2.45, 2.75) is 49.9 Å². The number of alkyl halides is 3. The van der Waals surface area contributed by atoms with E-state index in [1.807, 2.05) is 18.2 Å². The van der Waals surface area contributed by atoms with Crippen LogP contribution in [0.3, 0.4) is 0 Å². The van der Waals surface area contributed by atoms with Gasteiger partial charge < -0.3 is 10.1 Å². The molecule has 0 radical (unpaired) electrons. The molecule has 2 atom stereocenters. The number of thioether (sulfide) groups is 1. The minimum atomic E-state index is -4.36. The first-order chi connectivity index (χ1) is 16.1. The van der Waals surface area contributed by atoms with E-state index in [4.69, 9.17) is 4.74 Å². The number of hydrogen-bond donors (Lipinski definition) is 1. The number of alkyl carbamates (subject to hydrolysis) is 1. The smallest absolute Gasteiger partial charge is 0.416 e. The first-order valence-corrected chi connectivity index (χ1v) is 12.7. The molecule has 2 aromatic carbocycles. The van der Waals surface area contributed by atoms with Crippen LogP contribution in [0.4, 0.5) is 18.0 Å². The molecule has 34 heavy (non-hydrogen) atoms. The molecule has 0 aliphatic carbocycles. The second-order valence-electron chi connectivity index (χ2n) is 10.3. The molecular formula is C26H29F3N2O2S.